The van der Waals surface area contributed by atoms with E-state index in [1.807, 2.05) is 0 Å². The van der Waals surface area contributed by atoms with Gasteiger partial charge in [-0.3, -0.25) is 9.59 Å². The minimum atomic E-state index is -1.47. The van der Waals surface area contributed by atoms with E-state index in [2.05, 4.69) is 5.32 Å². The van der Waals surface area contributed by atoms with Gasteiger partial charge in [0.1, 0.15) is 0 Å². The van der Waals surface area contributed by atoms with Crippen LogP contribution in [0.5, 0.6) is 0 Å². The van der Waals surface area contributed by atoms with Gasteiger partial charge in [-0.05, 0) is 6.07 Å². The summed E-state index contributed by atoms with van der Waals surface area (Å²) in [5.74, 6) is -2.24. The summed E-state index contributed by atoms with van der Waals surface area (Å²) in [6, 6.07) is 8.94. The molecule has 0 radical (unpaired) electrons. The number of fused-ring (bicyclic) bond motifs is 2. The Kier molecular flexibility index (Phi) is 3.67. The molecule has 0 heterocycles. The van der Waals surface area contributed by atoms with Gasteiger partial charge in [-0.25, -0.2) is 0 Å². The number of carboxylic acids is 1. The van der Waals surface area contributed by atoms with E-state index >= 15 is 0 Å². The van der Waals surface area contributed by atoms with E-state index in [1.165, 1.54) is 18.2 Å². The lowest BCUT2D eigenvalue weighted by molar-refractivity contribution is -0.254. The van der Waals surface area contributed by atoms with Gasteiger partial charge in [-0.1, -0.05) is 30.3 Å². The Labute approximate surface area is 131 Å². The molecule has 0 fully saturated rings. The van der Waals surface area contributed by atoms with Crippen LogP contribution >= 0.6 is 0 Å². The second-order valence-corrected chi connectivity index (χ2v) is 5.05. The van der Waals surface area contributed by atoms with Crippen molar-refractivity contribution < 1.29 is 24.6 Å². The summed E-state index contributed by atoms with van der Waals surface area (Å²) < 4.78 is 0. The van der Waals surface area contributed by atoms with Crippen LogP contribution < -0.4 is 10.4 Å². The van der Waals surface area contributed by atoms with Gasteiger partial charge in [0.15, 0.2) is 11.6 Å². The number of rotatable bonds is 4. The molecule has 0 unspecified atom stereocenters. The van der Waals surface area contributed by atoms with Crippen LogP contribution in [0.2, 0.25) is 0 Å². The molecule has 0 aromatic heterocycles. The summed E-state index contributed by atoms with van der Waals surface area (Å²) in [6.45, 7) is -0.214. The predicted molar refractivity (Wildman–Crippen MR) is 79.7 cm³/mol. The van der Waals surface area contributed by atoms with Gasteiger partial charge in [0.25, 0.3) is 0 Å². The molecule has 0 aliphatic heterocycles. The molecule has 0 amide bonds. The number of carboxylic acid groups (broad SMARTS) is 1. The lowest BCUT2D eigenvalue weighted by Gasteiger charge is -2.23. The number of carbonyl (C=O) groups excluding carboxylic acids is 3. The topological polar surface area (TPSA) is 107 Å². The number of anilines is 1. The number of hydrogen-bond donors (Lipinski definition) is 2. The third-order valence-corrected chi connectivity index (χ3v) is 3.73. The van der Waals surface area contributed by atoms with Crippen molar-refractivity contribution in [3.63, 3.8) is 0 Å². The third-order valence-electron chi connectivity index (χ3n) is 3.73. The number of hydrogen-bond acceptors (Lipinski definition) is 6. The summed E-state index contributed by atoms with van der Waals surface area (Å²) in [5, 5.41) is 23.0. The molecule has 0 bridgehead atoms. The zero-order valence-electron chi connectivity index (χ0n) is 12.0. The lowest BCUT2D eigenvalue weighted by Crippen LogP contribution is -2.28. The quantitative estimate of drug-likeness (QED) is 0.714. The molecule has 116 valence electrons. The maximum atomic E-state index is 12.7. The first-order valence-electron chi connectivity index (χ1n) is 6.97. The Balaban J connectivity index is 2.27. The van der Waals surface area contributed by atoms with E-state index < -0.39 is 11.8 Å². The summed E-state index contributed by atoms with van der Waals surface area (Å²) in [6.07, 6.45) is 0. The maximum Gasteiger partial charge on any atom is 0.196 e. The fourth-order valence-corrected chi connectivity index (χ4v) is 2.72. The molecule has 23 heavy (non-hydrogen) atoms. The molecular formula is C17H12NO5-. The van der Waals surface area contributed by atoms with Crippen LogP contribution in [0, 0.1) is 0 Å². The third kappa shape index (κ3) is 2.29. The van der Waals surface area contributed by atoms with Crippen LogP contribution in [-0.4, -0.2) is 35.8 Å². The van der Waals surface area contributed by atoms with Crippen molar-refractivity contribution >= 4 is 23.2 Å². The Hall–Kier alpha value is -2.99. The molecule has 6 nitrogen and oxygen atoms in total. The highest BCUT2D eigenvalue weighted by atomic mass is 16.4. The summed E-state index contributed by atoms with van der Waals surface area (Å²) in [4.78, 5) is 36.6. The maximum absolute atomic E-state index is 12.7. The van der Waals surface area contributed by atoms with Crippen LogP contribution in [0.15, 0.2) is 36.4 Å². The Morgan fingerprint density at radius 1 is 1.00 bits per heavy atom. The number of ketones is 2. The van der Waals surface area contributed by atoms with E-state index in [1.54, 1.807) is 18.2 Å². The highest BCUT2D eigenvalue weighted by Crippen LogP contribution is 2.34. The van der Waals surface area contributed by atoms with E-state index in [4.69, 9.17) is 5.11 Å². The van der Waals surface area contributed by atoms with Crippen LogP contribution in [0.4, 0.5) is 5.69 Å². The van der Waals surface area contributed by atoms with E-state index in [9.17, 15) is 19.5 Å². The molecule has 1 aliphatic carbocycles. The molecule has 0 saturated carbocycles. The minimum Gasteiger partial charge on any atom is -0.545 e. The number of aliphatic hydroxyl groups is 1. The smallest absolute Gasteiger partial charge is 0.196 e. The second kappa shape index (κ2) is 5.66. The molecule has 2 N–H and O–H groups in total. The summed E-state index contributed by atoms with van der Waals surface area (Å²) in [5.41, 5.74) is 0.442. The van der Waals surface area contributed by atoms with Crippen LogP contribution in [-0.2, 0) is 0 Å². The van der Waals surface area contributed by atoms with Gasteiger partial charge >= 0.3 is 0 Å². The average molecular weight is 310 g/mol. The molecule has 3 rings (SSSR count). The SMILES string of the molecule is O=C([O-])c1ccc2c(c1NCCO)C(=O)c1ccccc1C2=O. The Morgan fingerprint density at radius 3 is 2.26 bits per heavy atom. The van der Waals surface area contributed by atoms with Crippen molar-refractivity contribution in [2.24, 2.45) is 0 Å². The molecule has 0 atom stereocenters. The number of benzene rings is 2. The van der Waals surface area contributed by atoms with Gasteiger partial charge < -0.3 is 20.3 Å². The van der Waals surface area contributed by atoms with Crippen molar-refractivity contribution in [2.75, 3.05) is 18.5 Å². The van der Waals surface area contributed by atoms with Gasteiger partial charge in [0, 0.05) is 28.8 Å². The second-order valence-electron chi connectivity index (χ2n) is 5.05. The first-order valence-corrected chi connectivity index (χ1v) is 6.97. The highest BCUT2D eigenvalue weighted by Gasteiger charge is 2.32. The van der Waals surface area contributed by atoms with Gasteiger partial charge in [0.05, 0.1) is 23.8 Å². The molecule has 1 aliphatic rings. The molecule has 0 spiro atoms. The highest BCUT2D eigenvalue weighted by molar-refractivity contribution is 6.30. The Bertz CT molecular complexity index is 841. The van der Waals surface area contributed by atoms with Crippen molar-refractivity contribution in [2.45, 2.75) is 0 Å². The molecule has 2 aromatic carbocycles. The molecule has 0 saturated heterocycles. The number of aliphatic hydroxyl groups excluding tert-OH is 1. The van der Waals surface area contributed by atoms with Crippen molar-refractivity contribution in [1.82, 2.24) is 0 Å². The molecule has 6 heteroatoms. The van der Waals surface area contributed by atoms with Crippen LogP contribution in [0.25, 0.3) is 0 Å². The standard InChI is InChI=1S/C17H13NO5/c19-8-7-18-14-12(17(22)23)6-5-11-13(14)16(21)10-4-2-1-3-9(10)15(11)20/h1-6,18-19H,7-8H2,(H,22,23)/p-1. The molecule has 2 aromatic rings. The summed E-state index contributed by atoms with van der Waals surface area (Å²) >= 11 is 0. The normalized spacial score (nSPS) is 12.6. The lowest BCUT2D eigenvalue weighted by atomic mass is 9.82. The van der Waals surface area contributed by atoms with Gasteiger partial charge in [-0.15, -0.1) is 0 Å². The van der Waals surface area contributed by atoms with E-state index in [-0.39, 0.29) is 46.9 Å². The van der Waals surface area contributed by atoms with E-state index in [0.717, 1.165) is 0 Å². The number of nitrogens with one attached hydrogen (secondary N) is 1. The fraction of sp³-hybridized carbons (Fsp3) is 0.118. The van der Waals surface area contributed by atoms with E-state index in [0.29, 0.717) is 5.56 Å². The van der Waals surface area contributed by atoms with Crippen LogP contribution in [0.3, 0.4) is 0 Å². The number of aromatic carboxylic acids is 1. The summed E-state index contributed by atoms with van der Waals surface area (Å²) in [7, 11) is 0. The minimum absolute atomic E-state index is 0.00356. The molecular weight excluding hydrogens is 298 g/mol. The Morgan fingerprint density at radius 2 is 1.65 bits per heavy atom. The van der Waals surface area contributed by atoms with Crippen molar-refractivity contribution in [3.05, 3.63) is 64.2 Å². The first-order chi connectivity index (χ1) is 11.1. The van der Waals surface area contributed by atoms with Gasteiger partial charge in [-0.2, -0.15) is 0 Å². The predicted octanol–water partition coefficient (Wildman–Crippen LogP) is 0.230. The number of carbonyl (C=O) groups is 3. The van der Waals surface area contributed by atoms with Gasteiger partial charge in [0.2, 0.25) is 0 Å². The fourth-order valence-electron chi connectivity index (χ4n) is 2.72. The average Bonchev–Trinajstić information content (AvgIpc) is 2.56. The largest absolute Gasteiger partial charge is 0.545 e. The first kappa shape index (κ1) is 14.9. The van der Waals surface area contributed by atoms with Crippen molar-refractivity contribution in [1.29, 1.82) is 0 Å². The monoisotopic (exact) mass is 310 g/mol. The van der Waals surface area contributed by atoms with Crippen molar-refractivity contribution in [3.8, 4) is 0 Å². The zero-order chi connectivity index (χ0) is 16.6. The zero-order valence-corrected chi connectivity index (χ0v) is 12.0. The van der Waals surface area contributed by atoms with Crippen LogP contribution in [0.1, 0.15) is 42.2 Å².